The van der Waals surface area contributed by atoms with Gasteiger partial charge in [0.25, 0.3) is 0 Å². The van der Waals surface area contributed by atoms with Crippen molar-refractivity contribution in [2.45, 2.75) is 58.7 Å². The Morgan fingerprint density at radius 2 is 2.05 bits per heavy atom. The minimum absolute atomic E-state index is 0.389. The van der Waals surface area contributed by atoms with Gasteiger partial charge in [0.05, 0.1) is 12.7 Å². The number of nitrogens with one attached hydrogen (secondary N) is 1. The van der Waals surface area contributed by atoms with E-state index in [-0.39, 0.29) is 0 Å². The summed E-state index contributed by atoms with van der Waals surface area (Å²) in [5.74, 6) is 0.700. The van der Waals surface area contributed by atoms with E-state index in [4.69, 9.17) is 4.74 Å². The number of likely N-dealkylation sites (N-methyl/N-ethyl adjacent to an activating group) is 1. The van der Waals surface area contributed by atoms with Crippen LogP contribution in [0.25, 0.3) is 0 Å². The number of morpholine rings is 1. The summed E-state index contributed by atoms with van der Waals surface area (Å²) in [6.07, 6.45) is 2.94. The predicted molar refractivity (Wildman–Crippen MR) is 88.8 cm³/mol. The molecule has 0 bridgehead atoms. The van der Waals surface area contributed by atoms with Crippen LogP contribution in [0.1, 0.15) is 40.5 Å². The molecule has 2 aliphatic heterocycles. The zero-order valence-corrected chi connectivity index (χ0v) is 14.5. The third-order valence-electron chi connectivity index (χ3n) is 5.05. The van der Waals surface area contributed by atoms with E-state index in [2.05, 4.69) is 42.8 Å². The molecular weight excluding hydrogens is 262 g/mol. The second-order valence-corrected chi connectivity index (χ2v) is 7.05. The summed E-state index contributed by atoms with van der Waals surface area (Å²) >= 11 is 0. The molecule has 0 amide bonds. The standard InChI is InChI=1S/C17H35N3O/c1-5-7-15-11-20(17(10-18-15)14(3)4)13-16-12-19(6-2)8-9-21-16/h14-18H,5-13H2,1-4H3. The normalized spacial score (nSPS) is 32.7. The fourth-order valence-corrected chi connectivity index (χ4v) is 3.75. The topological polar surface area (TPSA) is 27.7 Å². The molecule has 2 saturated heterocycles. The zero-order chi connectivity index (χ0) is 15.2. The van der Waals surface area contributed by atoms with Crippen LogP contribution in [-0.2, 0) is 4.74 Å². The predicted octanol–water partition coefficient (Wildman–Crippen LogP) is 1.81. The molecule has 3 unspecified atom stereocenters. The van der Waals surface area contributed by atoms with E-state index in [0.717, 1.165) is 39.3 Å². The van der Waals surface area contributed by atoms with Gasteiger partial charge in [-0.3, -0.25) is 9.80 Å². The fourth-order valence-electron chi connectivity index (χ4n) is 3.75. The summed E-state index contributed by atoms with van der Waals surface area (Å²) in [5.41, 5.74) is 0. The van der Waals surface area contributed by atoms with E-state index in [1.807, 2.05) is 0 Å². The van der Waals surface area contributed by atoms with Crippen LogP contribution in [0.5, 0.6) is 0 Å². The summed E-state index contributed by atoms with van der Waals surface area (Å²) in [4.78, 5) is 5.22. The highest BCUT2D eigenvalue weighted by Gasteiger charge is 2.32. The molecule has 4 nitrogen and oxygen atoms in total. The van der Waals surface area contributed by atoms with Crippen LogP contribution in [0.3, 0.4) is 0 Å². The third kappa shape index (κ3) is 4.92. The van der Waals surface area contributed by atoms with Crippen molar-refractivity contribution in [3.63, 3.8) is 0 Å². The molecule has 0 radical (unpaired) electrons. The average Bonchev–Trinajstić information content (AvgIpc) is 2.48. The minimum atomic E-state index is 0.389. The Hall–Kier alpha value is -0.160. The summed E-state index contributed by atoms with van der Waals surface area (Å²) in [6.45, 7) is 16.9. The number of rotatable bonds is 6. The molecule has 124 valence electrons. The van der Waals surface area contributed by atoms with Crippen LogP contribution < -0.4 is 5.32 Å². The van der Waals surface area contributed by atoms with Crippen molar-refractivity contribution in [1.29, 1.82) is 0 Å². The van der Waals surface area contributed by atoms with Gasteiger partial charge in [-0.05, 0) is 18.9 Å². The number of hydrogen-bond acceptors (Lipinski definition) is 4. The largest absolute Gasteiger partial charge is 0.374 e. The van der Waals surface area contributed by atoms with E-state index >= 15 is 0 Å². The molecule has 2 rings (SSSR count). The van der Waals surface area contributed by atoms with Gasteiger partial charge in [0, 0.05) is 44.8 Å². The monoisotopic (exact) mass is 297 g/mol. The molecule has 0 aromatic rings. The maximum Gasteiger partial charge on any atom is 0.0829 e. The molecule has 1 N–H and O–H groups in total. The molecule has 2 aliphatic rings. The summed E-state index contributed by atoms with van der Waals surface area (Å²) in [7, 11) is 0. The van der Waals surface area contributed by atoms with Gasteiger partial charge in [0.15, 0.2) is 0 Å². The number of ether oxygens (including phenoxy) is 1. The highest BCUT2D eigenvalue weighted by atomic mass is 16.5. The summed E-state index contributed by atoms with van der Waals surface area (Å²) in [6, 6.07) is 1.31. The Balaban J connectivity index is 1.92. The Morgan fingerprint density at radius 3 is 2.71 bits per heavy atom. The highest BCUT2D eigenvalue weighted by molar-refractivity contribution is 4.89. The molecule has 2 heterocycles. The van der Waals surface area contributed by atoms with Gasteiger partial charge in [-0.25, -0.2) is 0 Å². The van der Waals surface area contributed by atoms with Crippen LogP contribution in [0, 0.1) is 5.92 Å². The van der Waals surface area contributed by atoms with Gasteiger partial charge in [-0.15, -0.1) is 0 Å². The van der Waals surface area contributed by atoms with Crippen molar-refractivity contribution in [1.82, 2.24) is 15.1 Å². The average molecular weight is 297 g/mol. The smallest absolute Gasteiger partial charge is 0.0829 e. The van der Waals surface area contributed by atoms with E-state index in [1.54, 1.807) is 0 Å². The summed E-state index contributed by atoms with van der Waals surface area (Å²) in [5, 5.41) is 3.75. The van der Waals surface area contributed by atoms with Crippen molar-refractivity contribution in [2.24, 2.45) is 5.92 Å². The first-order valence-electron chi connectivity index (χ1n) is 8.95. The zero-order valence-electron chi connectivity index (χ0n) is 14.5. The Bertz CT molecular complexity index is 298. The number of nitrogens with zero attached hydrogens (tertiary/aromatic N) is 2. The van der Waals surface area contributed by atoms with Crippen molar-refractivity contribution in [3.05, 3.63) is 0 Å². The first-order chi connectivity index (χ1) is 10.1. The lowest BCUT2D eigenvalue weighted by Crippen LogP contribution is -2.60. The number of piperazine rings is 1. The van der Waals surface area contributed by atoms with Gasteiger partial charge in [0.2, 0.25) is 0 Å². The van der Waals surface area contributed by atoms with E-state index in [1.165, 1.54) is 19.4 Å². The van der Waals surface area contributed by atoms with E-state index in [0.29, 0.717) is 24.1 Å². The first-order valence-corrected chi connectivity index (χ1v) is 8.95. The van der Waals surface area contributed by atoms with Gasteiger partial charge in [-0.1, -0.05) is 34.1 Å². The lowest BCUT2D eigenvalue weighted by Gasteiger charge is -2.45. The SMILES string of the molecule is CCCC1CN(CC2CN(CC)CCO2)C(C(C)C)CN1. The van der Waals surface area contributed by atoms with Gasteiger partial charge >= 0.3 is 0 Å². The Labute approximate surface area is 131 Å². The maximum atomic E-state index is 6.03. The molecule has 4 heteroatoms. The second-order valence-electron chi connectivity index (χ2n) is 7.05. The van der Waals surface area contributed by atoms with Crippen LogP contribution in [0.4, 0.5) is 0 Å². The lowest BCUT2D eigenvalue weighted by atomic mass is 9.96. The quantitative estimate of drug-likeness (QED) is 0.809. The van der Waals surface area contributed by atoms with E-state index in [9.17, 15) is 0 Å². The minimum Gasteiger partial charge on any atom is -0.374 e. The molecule has 0 saturated carbocycles. The molecule has 0 aromatic carbocycles. The fraction of sp³-hybridized carbons (Fsp3) is 1.00. The highest BCUT2D eigenvalue weighted by Crippen LogP contribution is 2.19. The molecule has 0 aliphatic carbocycles. The molecule has 0 spiro atoms. The van der Waals surface area contributed by atoms with E-state index < -0.39 is 0 Å². The Morgan fingerprint density at radius 1 is 1.24 bits per heavy atom. The van der Waals surface area contributed by atoms with Gasteiger partial charge < -0.3 is 10.1 Å². The molecule has 3 atom stereocenters. The van der Waals surface area contributed by atoms with Crippen molar-refractivity contribution in [2.75, 3.05) is 45.9 Å². The summed E-state index contributed by atoms with van der Waals surface area (Å²) < 4.78 is 6.03. The molecule has 2 fully saturated rings. The molecule has 21 heavy (non-hydrogen) atoms. The van der Waals surface area contributed by atoms with Gasteiger partial charge in [0.1, 0.15) is 0 Å². The number of hydrogen-bond donors (Lipinski definition) is 1. The second kappa shape index (κ2) is 8.47. The van der Waals surface area contributed by atoms with Crippen molar-refractivity contribution in [3.8, 4) is 0 Å². The van der Waals surface area contributed by atoms with Crippen LogP contribution in [-0.4, -0.2) is 73.9 Å². The van der Waals surface area contributed by atoms with Gasteiger partial charge in [-0.2, -0.15) is 0 Å². The first kappa shape index (κ1) is 17.2. The van der Waals surface area contributed by atoms with Crippen LogP contribution in [0.2, 0.25) is 0 Å². The molecular formula is C17H35N3O. The Kier molecular flexibility index (Phi) is 6.93. The van der Waals surface area contributed by atoms with Crippen molar-refractivity contribution >= 4 is 0 Å². The molecule has 0 aromatic heterocycles. The van der Waals surface area contributed by atoms with Crippen LogP contribution >= 0.6 is 0 Å². The maximum absolute atomic E-state index is 6.03. The third-order valence-corrected chi connectivity index (χ3v) is 5.05. The van der Waals surface area contributed by atoms with Crippen molar-refractivity contribution < 1.29 is 4.74 Å². The van der Waals surface area contributed by atoms with Crippen LogP contribution in [0.15, 0.2) is 0 Å². The lowest BCUT2D eigenvalue weighted by molar-refractivity contribution is -0.0556.